The van der Waals surface area contributed by atoms with Crippen LogP contribution in [0.25, 0.3) is 0 Å². The number of hydrogen-bond donors (Lipinski definition) is 1. The van der Waals surface area contributed by atoms with Crippen molar-refractivity contribution in [3.8, 4) is 0 Å². The minimum absolute atomic E-state index is 0.0482. The molecular weight excluding hydrogens is 248 g/mol. The predicted octanol–water partition coefficient (Wildman–Crippen LogP) is 2.55. The summed E-state index contributed by atoms with van der Waals surface area (Å²) in [6.07, 6.45) is 3.08. The van der Waals surface area contributed by atoms with Crippen molar-refractivity contribution in [2.24, 2.45) is 11.7 Å². The lowest BCUT2D eigenvalue weighted by Gasteiger charge is -2.31. The monoisotopic (exact) mass is 274 g/mol. The second-order valence-corrected chi connectivity index (χ2v) is 6.19. The Morgan fingerprint density at radius 2 is 2.05 bits per heavy atom. The van der Waals surface area contributed by atoms with Crippen LogP contribution in [-0.4, -0.2) is 30.4 Å². The van der Waals surface area contributed by atoms with Crippen molar-refractivity contribution >= 4 is 5.91 Å². The average molecular weight is 274 g/mol. The molecule has 1 amide bonds. The molecule has 1 aliphatic rings. The molecule has 1 aliphatic heterocycles. The second kappa shape index (κ2) is 6.89. The quantitative estimate of drug-likeness (QED) is 0.897. The third-order valence-electron chi connectivity index (χ3n) is 4.27. The molecule has 3 nitrogen and oxygen atoms in total. The third-order valence-corrected chi connectivity index (χ3v) is 4.27. The molecule has 0 aromatic heterocycles. The Labute approximate surface area is 122 Å². The Bertz CT molecular complexity index is 439. The Hall–Kier alpha value is -1.35. The van der Waals surface area contributed by atoms with Crippen molar-refractivity contribution < 1.29 is 4.79 Å². The molecule has 1 aromatic rings. The molecular formula is C17H26N2O. The van der Waals surface area contributed by atoms with E-state index in [4.69, 9.17) is 5.73 Å². The van der Waals surface area contributed by atoms with Crippen LogP contribution in [0.15, 0.2) is 24.3 Å². The molecule has 0 spiro atoms. The fourth-order valence-corrected chi connectivity index (χ4v) is 2.85. The SMILES string of the molecule is CC(C)c1ccc(CCN2CCCC(C(N)=O)C2)cc1. The van der Waals surface area contributed by atoms with Gasteiger partial charge in [-0.1, -0.05) is 38.1 Å². The van der Waals surface area contributed by atoms with Gasteiger partial charge in [-0.15, -0.1) is 0 Å². The van der Waals surface area contributed by atoms with Crippen molar-refractivity contribution in [3.63, 3.8) is 0 Å². The molecule has 2 N–H and O–H groups in total. The molecule has 2 rings (SSSR count). The number of benzene rings is 1. The standard InChI is InChI=1S/C17H26N2O/c1-13(2)15-7-5-14(6-8-15)9-11-19-10-3-4-16(12-19)17(18)20/h5-8,13,16H,3-4,9-12H2,1-2H3,(H2,18,20). The van der Waals surface area contributed by atoms with Crippen molar-refractivity contribution in [3.05, 3.63) is 35.4 Å². The third kappa shape index (κ3) is 4.07. The van der Waals surface area contributed by atoms with Gasteiger partial charge in [0.25, 0.3) is 0 Å². The molecule has 3 heteroatoms. The number of rotatable bonds is 5. The smallest absolute Gasteiger partial charge is 0.221 e. The van der Waals surface area contributed by atoms with Gasteiger partial charge in [-0.3, -0.25) is 4.79 Å². The van der Waals surface area contributed by atoms with Gasteiger partial charge in [-0.25, -0.2) is 0 Å². The fourth-order valence-electron chi connectivity index (χ4n) is 2.85. The maximum atomic E-state index is 11.3. The number of amides is 1. The molecule has 110 valence electrons. The van der Waals surface area contributed by atoms with E-state index in [-0.39, 0.29) is 11.8 Å². The number of hydrogen-bond acceptors (Lipinski definition) is 2. The topological polar surface area (TPSA) is 46.3 Å². The van der Waals surface area contributed by atoms with Gasteiger partial charge in [0.2, 0.25) is 5.91 Å². The second-order valence-electron chi connectivity index (χ2n) is 6.19. The summed E-state index contributed by atoms with van der Waals surface area (Å²) in [5.41, 5.74) is 8.18. The summed E-state index contributed by atoms with van der Waals surface area (Å²) in [5.74, 6) is 0.491. The van der Waals surface area contributed by atoms with E-state index in [1.165, 1.54) is 11.1 Å². The van der Waals surface area contributed by atoms with E-state index in [0.717, 1.165) is 38.9 Å². The van der Waals surface area contributed by atoms with Crippen LogP contribution in [0, 0.1) is 5.92 Å². The van der Waals surface area contributed by atoms with Crippen LogP contribution in [0.3, 0.4) is 0 Å². The van der Waals surface area contributed by atoms with Gasteiger partial charge < -0.3 is 10.6 Å². The van der Waals surface area contributed by atoms with Crippen LogP contribution in [0.1, 0.15) is 43.7 Å². The molecule has 0 saturated carbocycles. The highest BCUT2D eigenvalue weighted by molar-refractivity contribution is 5.76. The van der Waals surface area contributed by atoms with Gasteiger partial charge in [0.1, 0.15) is 0 Å². The Balaban J connectivity index is 1.84. The van der Waals surface area contributed by atoms with Crippen LogP contribution >= 0.6 is 0 Å². The molecule has 1 saturated heterocycles. The van der Waals surface area contributed by atoms with Crippen molar-refractivity contribution in [2.45, 2.75) is 39.0 Å². The van der Waals surface area contributed by atoms with E-state index in [1.54, 1.807) is 0 Å². The number of nitrogens with two attached hydrogens (primary N) is 1. The Morgan fingerprint density at radius 3 is 2.65 bits per heavy atom. The number of nitrogens with zero attached hydrogens (tertiary/aromatic N) is 1. The molecule has 1 heterocycles. The summed E-state index contributed by atoms with van der Waals surface area (Å²) < 4.78 is 0. The van der Waals surface area contributed by atoms with Gasteiger partial charge in [-0.2, -0.15) is 0 Å². The van der Waals surface area contributed by atoms with Crippen LogP contribution in [-0.2, 0) is 11.2 Å². The summed E-state index contributed by atoms with van der Waals surface area (Å²) >= 11 is 0. The van der Waals surface area contributed by atoms with E-state index in [0.29, 0.717) is 5.92 Å². The van der Waals surface area contributed by atoms with E-state index in [2.05, 4.69) is 43.0 Å². The molecule has 1 unspecified atom stereocenters. The molecule has 0 bridgehead atoms. The van der Waals surface area contributed by atoms with Gasteiger partial charge in [0.15, 0.2) is 0 Å². The highest BCUT2D eigenvalue weighted by atomic mass is 16.1. The fraction of sp³-hybridized carbons (Fsp3) is 0.588. The summed E-state index contributed by atoms with van der Waals surface area (Å²) in [7, 11) is 0. The lowest BCUT2D eigenvalue weighted by Crippen LogP contribution is -2.41. The summed E-state index contributed by atoms with van der Waals surface area (Å²) in [4.78, 5) is 13.6. The van der Waals surface area contributed by atoms with Crippen molar-refractivity contribution in [1.82, 2.24) is 4.90 Å². The normalized spacial score (nSPS) is 20.2. The molecule has 1 atom stereocenters. The molecule has 1 fully saturated rings. The van der Waals surface area contributed by atoms with Gasteiger partial charge in [0.05, 0.1) is 5.92 Å². The zero-order valence-corrected chi connectivity index (χ0v) is 12.6. The van der Waals surface area contributed by atoms with Crippen molar-refractivity contribution in [1.29, 1.82) is 0 Å². The highest BCUT2D eigenvalue weighted by Crippen LogP contribution is 2.18. The number of likely N-dealkylation sites (tertiary alicyclic amines) is 1. The molecule has 20 heavy (non-hydrogen) atoms. The van der Waals surface area contributed by atoms with Crippen LogP contribution in [0.5, 0.6) is 0 Å². The minimum Gasteiger partial charge on any atom is -0.369 e. The predicted molar refractivity (Wildman–Crippen MR) is 82.6 cm³/mol. The zero-order valence-electron chi connectivity index (χ0n) is 12.6. The van der Waals surface area contributed by atoms with E-state index in [9.17, 15) is 4.79 Å². The first-order valence-corrected chi connectivity index (χ1v) is 7.66. The van der Waals surface area contributed by atoms with Gasteiger partial charge in [0, 0.05) is 13.1 Å². The Kier molecular flexibility index (Phi) is 5.18. The molecule has 0 aliphatic carbocycles. The number of carbonyl (C=O) groups excluding carboxylic acids is 1. The number of carbonyl (C=O) groups is 1. The Morgan fingerprint density at radius 1 is 1.35 bits per heavy atom. The summed E-state index contributed by atoms with van der Waals surface area (Å²) in [6, 6.07) is 8.90. The van der Waals surface area contributed by atoms with Gasteiger partial charge in [-0.05, 0) is 42.9 Å². The maximum Gasteiger partial charge on any atom is 0.221 e. The summed E-state index contributed by atoms with van der Waals surface area (Å²) in [6.45, 7) is 7.37. The van der Waals surface area contributed by atoms with E-state index >= 15 is 0 Å². The van der Waals surface area contributed by atoms with Crippen LogP contribution < -0.4 is 5.73 Å². The lowest BCUT2D eigenvalue weighted by atomic mass is 9.97. The average Bonchev–Trinajstić information content (AvgIpc) is 2.46. The molecule has 0 radical (unpaired) electrons. The van der Waals surface area contributed by atoms with Gasteiger partial charge >= 0.3 is 0 Å². The molecule has 1 aromatic carbocycles. The van der Waals surface area contributed by atoms with Crippen LogP contribution in [0.4, 0.5) is 0 Å². The first-order valence-electron chi connectivity index (χ1n) is 7.66. The van der Waals surface area contributed by atoms with Crippen molar-refractivity contribution in [2.75, 3.05) is 19.6 Å². The maximum absolute atomic E-state index is 11.3. The van der Waals surface area contributed by atoms with Crippen LogP contribution in [0.2, 0.25) is 0 Å². The number of primary amides is 1. The lowest BCUT2D eigenvalue weighted by molar-refractivity contribution is -0.123. The zero-order chi connectivity index (χ0) is 14.5. The highest BCUT2D eigenvalue weighted by Gasteiger charge is 2.23. The first kappa shape index (κ1) is 15.0. The largest absolute Gasteiger partial charge is 0.369 e. The first-order chi connectivity index (χ1) is 9.56. The number of piperidine rings is 1. The van der Waals surface area contributed by atoms with E-state index < -0.39 is 0 Å². The summed E-state index contributed by atoms with van der Waals surface area (Å²) in [5, 5.41) is 0. The van der Waals surface area contributed by atoms with E-state index in [1.807, 2.05) is 0 Å². The minimum atomic E-state index is -0.143.